The largest absolute Gasteiger partial charge is 0.264 e. The minimum Gasteiger partial charge on any atom is -0.264 e. The SMILES string of the molecule is CC1=CC(c2cccnc2)=NC2=CCN([C@H](C)c3ccc(Cl)cc3)N12. The Morgan fingerprint density at radius 1 is 1.16 bits per heavy atom. The topological polar surface area (TPSA) is 31.7 Å². The number of hydrogen-bond acceptors (Lipinski definition) is 4. The van der Waals surface area contributed by atoms with E-state index in [-0.39, 0.29) is 6.04 Å². The second-order valence-electron chi connectivity index (χ2n) is 6.25. The van der Waals surface area contributed by atoms with Gasteiger partial charge in [0.15, 0.2) is 0 Å². The molecule has 0 amide bonds. The van der Waals surface area contributed by atoms with Crippen molar-refractivity contribution in [2.24, 2.45) is 4.99 Å². The number of hydrogen-bond donors (Lipinski definition) is 0. The number of aromatic nitrogens is 1. The van der Waals surface area contributed by atoms with E-state index in [0.717, 1.165) is 34.4 Å². The average Bonchev–Trinajstić information content (AvgIpc) is 3.07. The molecule has 0 N–H and O–H groups in total. The zero-order valence-electron chi connectivity index (χ0n) is 14.2. The van der Waals surface area contributed by atoms with Crippen LogP contribution >= 0.6 is 11.6 Å². The summed E-state index contributed by atoms with van der Waals surface area (Å²) in [7, 11) is 0. The molecule has 2 aliphatic heterocycles. The summed E-state index contributed by atoms with van der Waals surface area (Å²) in [6, 6.07) is 12.2. The molecule has 4 nitrogen and oxygen atoms in total. The number of allylic oxidation sites excluding steroid dienone is 2. The summed E-state index contributed by atoms with van der Waals surface area (Å²) in [5.41, 5.74) is 4.37. The molecule has 25 heavy (non-hydrogen) atoms. The molecule has 0 radical (unpaired) electrons. The fraction of sp³-hybridized carbons (Fsp3) is 0.200. The molecule has 0 bridgehead atoms. The molecule has 1 aromatic heterocycles. The summed E-state index contributed by atoms with van der Waals surface area (Å²) >= 11 is 6.02. The van der Waals surface area contributed by atoms with E-state index in [0.29, 0.717) is 0 Å². The van der Waals surface area contributed by atoms with Crippen LogP contribution in [0.2, 0.25) is 5.02 Å². The normalized spacial score (nSPS) is 18.4. The molecule has 0 aliphatic carbocycles. The number of pyridine rings is 1. The van der Waals surface area contributed by atoms with E-state index in [2.05, 4.69) is 53.1 Å². The number of fused-ring (bicyclic) bond motifs is 1. The quantitative estimate of drug-likeness (QED) is 0.812. The molecule has 0 fully saturated rings. The Kier molecular flexibility index (Phi) is 4.15. The summed E-state index contributed by atoms with van der Waals surface area (Å²) < 4.78 is 0. The predicted molar refractivity (Wildman–Crippen MR) is 101 cm³/mol. The first-order valence-electron chi connectivity index (χ1n) is 8.33. The van der Waals surface area contributed by atoms with Gasteiger partial charge in [0.25, 0.3) is 0 Å². The highest BCUT2D eigenvalue weighted by Crippen LogP contribution is 2.34. The minimum absolute atomic E-state index is 0.226. The van der Waals surface area contributed by atoms with Gasteiger partial charge in [-0.25, -0.2) is 10.0 Å². The lowest BCUT2D eigenvalue weighted by molar-refractivity contribution is 0.0321. The molecule has 2 aliphatic rings. The Morgan fingerprint density at radius 3 is 2.68 bits per heavy atom. The fourth-order valence-corrected chi connectivity index (χ4v) is 3.40. The lowest BCUT2D eigenvalue weighted by atomic mass is 10.1. The zero-order valence-corrected chi connectivity index (χ0v) is 15.0. The third-order valence-corrected chi connectivity index (χ3v) is 4.86. The number of rotatable bonds is 3. The number of aliphatic imine (C=N–C) groups is 1. The molecule has 0 spiro atoms. The number of hydrazine groups is 1. The van der Waals surface area contributed by atoms with E-state index < -0.39 is 0 Å². The average molecular weight is 351 g/mol. The fourth-order valence-electron chi connectivity index (χ4n) is 3.27. The van der Waals surface area contributed by atoms with Gasteiger partial charge in [0, 0.05) is 35.2 Å². The minimum atomic E-state index is 0.226. The van der Waals surface area contributed by atoms with E-state index in [9.17, 15) is 0 Å². The molecule has 5 heteroatoms. The van der Waals surface area contributed by atoms with Gasteiger partial charge in [0.05, 0.1) is 11.8 Å². The van der Waals surface area contributed by atoms with Gasteiger partial charge in [-0.1, -0.05) is 23.7 Å². The van der Waals surface area contributed by atoms with E-state index >= 15 is 0 Å². The zero-order chi connectivity index (χ0) is 17.4. The van der Waals surface area contributed by atoms with Gasteiger partial charge in [-0.2, -0.15) is 0 Å². The number of halogens is 1. The van der Waals surface area contributed by atoms with Crippen LogP contribution in [0.15, 0.2) is 77.5 Å². The van der Waals surface area contributed by atoms with Gasteiger partial charge in [-0.3, -0.25) is 9.99 Å². The van der Waals surface area contributed by atoms with E-state index in [1.807, 2.05) is 30.5 Å². The van der Waals surface area contributed by atoms with Crippen LogP contribution in [0, 0.1) is 0 Å². The molecule has 1 aromatic carbocycles. The molecule has 0 unspecified atom stereocenters. The van der Waals surface area contributed by atoms with E-state index in [1.54, 1.807) is 6.20 Å². The molecule has 126 valence electrons. The highest BCUT2D eigenvalue weighted by atomic mass is 35.5. The molecule has 0 saturated heterocycles. The Labute approximate surface area is 152 Å². The Hall–Kier alpha value is -2.43. The summed E-state index contributed by atoms with van der Waals surface area (Å²) in [5.74, 6) is 0.972. The number of benzene rings is 1. The van der Waals surface area contributed by atoms with Crippen molar-refractivity contribution < 1.29 is 0 Å². The number of nitrogens with zero attached hydrogens (tertiary/aromatic N) is 4. The van der Waals surface area contributed by atoms with Gasteiger partial charge in [-0.05, 0) is 55.8 Å². The maximum atomic E-state index is 6.02. The Morgan fingerprint density at radius 2 is 1.96 bits per heavy atom. The van der Waals surface area contributed by atoms with Crippen molar-refractivity contribution in [2.75, 3.05) is 6.54 Å². The maximum Gasteiger partial charge on any atom is 0.145 e. The first-order valence-corrected chi connectivity index (χ1v) is 8.71. The third-order valence-electron chi connectivity index (χ3n) is 4.61. The predicted octanol–water partition coefficient (Wildman–Crippen LogP) is 4.58. The van der Waals surface area contributed by atoms with Crippen molar-refractivity contribution in [1.82, 2.24) is 15.0 Å². The van der Waals surface area contributed by atoms with Crippen LogP contribution in [-0.2, 0) is 0 Å². The van der Waals surface area contributed by atoms with Gasteiger partial charge in [-0.15, -0.1) is 0 Å². The second kappa shape index (κ2) is 6.47. The lowest BCUT2D eigenvalue weighted by Gasteiger charge is -2.37. The third kappa shape index (κ3) is 2.99. The molecular formula is C20H19ClN4. The summed E-state index contributed by atoms with van der Waals surface area (Å²) in [4.78, 5) is 9.03. The van der Waals surface area contributed by atoms with Crippen molar-refractivity contribution in [3.63, 3.8) is 0 Å². The molecule has 4 rings (SSSR count). The second-order valence-corrected chi connectivity index (χ2v) is 6.68. The van der Waals surface area contributed by atoms with Crippen LogP contribution in [0.4, 0.5) is 0 Å². The van der Waals surface area contributed by atoms with Gasteiger partial charge in [0.2, 0.25) is 0 Å². The first kappa shape index (κ1) is 16.1. The molecule has 0 saturated carbocycles. The summed E-state index contributed by atoms with van der Waals surface area (Å²) in [6.07, 6.45) is 7.91. The van der Waals surface area contributed by atoms with Crippen LogP contribution in [-0.4, -0.2) is 27.3 Å². The Balaban J connectivity index is 1.61. The summed E-state index contributed by atoms with van der Waals surface area (Å²) in [6.45, 7) is 5.15. The van der Waals surface area contributed by atoms with Crippen molar-refractivity contribution in [3.05, 3.63) is 88.6 Å². The molecule has 3 heterocycles. The lowest BCUT2D eigenvalue weighted by Crippen LogP contribution is -2.39. The standard InChI is InChI=1S/C20H19ClN4/c1-14-12-19(17-4-3-10-22-13-17)23-20-9-11-24(25(14)20)15(2)16-5-7-18(21)8-6-16/h3-10,12-13,15H,11H2,1-2H3/t15-/m1/s1. The van der Waals surface area contributed by atoms with Crippen molar-refractivity contribution in [3.8, 4) is 0 Å². The van der Waals surface area contributed by atoms with E-state index in [1.165, 1.54) is 5.56 Å². The summed E-state index contributed by atoms with van der Waals surface area (Å²) in [5, 5.41) is 5.27. The van der Waals surface area contributed by atoms with Gasteiger partial charge in [0.1, 0.15) is 5.82 Å². The van der Waals surface area contributed by atoms with Crippen molar-refractivity contribution in [2.45, 2.75) is 19.9 Å². The van der Waals surface area contributed by atoms with Crippen LogP contribution < -0.4 is 0 Å². The van der Waals surface area contributed by atoms with Gasteiger partial charge < -0.3 is 0 Å². The molecule has 1 atom stereocenters. The Bertz CT molecular complexity index is 868. The highest BCUT2D eigenvalue weighted by Gasteiger charge is 2.32. The van der Waals surface area contributed by atoms with Gasteiger partial charge >= 0.3 is 0 Å². The van der Waals surface area contributed by atoms with Crippen LogP contribution in [0.1, 0.15) is 31.0 Å². The maximum absolute atomic E-state index is 6.02. The smallest absolute Gasteiger partial charge is 0.145 e. The van der Waals surface area contributed by atoms with E-state index in [4.69, 9.17) is 16.6 Å². The van der Waals surface area contributed by atoms with Crippen LogP contribution in [0.25, 0.3) is 0 Å². The van der Waals surface area contributed by atoms with Crippen LogP contribution in [0.3, 0.4) is 0 Å². The molecule has 2 aromatic rings. The monoisotopic (exact) mass is 350 g/mol. The van der Waals surface area contributed by atoms with Crippen LogP contribution in [0.5, 0.6) is 0 Å². The first-order chi connectivity index (χ1) is 12.1. The van der Waals surface area contributed by atoms with Crippen molar-refractivity contribution in [1.29, 1.82) is 0 Å². The highest BCUT2D eigenvalue weighted by molar-refractivity contribution is 6.30. The van der Waals surface area contributed by atoms with Crippen molar-refractivity contribution >= 4 is 17.3 Å². The molecular weight excluding hydrogens is 332 g/mol.